The van der Waals surface area contributed by atoms with Gasteiger partial charge in [-0.15, -0.1) is 0 Å². The van der Waals surface area contributed by atoms with Gasteiger partial charge in [0.1, 0.15) is 11.3 Å². The Labute approximate surface area is 195 Å². The molecule has 0 aliphatic carbocycles. The van der Waals surface area contributed by atoms with Gasteiger partial charge in [-0.2, -0.15) is 0 Å². The highest BCUT2D eigenvalue weighted by molar-refractivity contribution is 6.32. The van der Waals surface area contributed by atoms with E-state index in [-0.39, 0.29) is 11.1 Å². The van der Waals surface area contributed by atoms with Gasteiger partial charge in [0.05, 0.1) is 33.8 Å². The number of anilines is 3. The molecule has 1 saturated heterocycles. The SMILES string of the molecule is N[C@@H]1CCCN(c2ccc(Nc3ccnc4ccc(-c5cc(F)c(O)c(Cl)c5)nc34)cn2)C1. The van der Waals surface area contributed by atoms with Crippen molar-refractivity contribution in [1.82, 2.24) is 15.0 Å². The number of hydrogen-bond acceptors (Lipinski definition) is 7. The molecule has 1 fully saturated rings. The number of nitrogens with one attached hydrogen (secondary N) is 1. The Hall–Kier alpha value is -3.49. The Morgan fingerprint density at radius 2 is 2.03 bits per heavy atom. The standard InChI is InChI=1S/C24H22ClFN6O/c25-17-10-14(11-18(26)24(17)33)19-4-5-20-23(31-19)21(7-8-28-20)30-16-3-6-22(29-12-16)32-9-1-2-15(27)13-32/h3-8,10-12,15,33H,1-2,9,13,27H2,(H,28,30)/t15-/m1/s1. The van der Waals surface area contributed by atoms with Crippen LogP contribution in [0.4, 0.5) is 21.6 Å². The van der Waals surface area contributed by atoms with E-state index in [0.29, 0.717) is 22.3 Å². The van der Waals surface area contributed by atoms with Gasteiger partial charge in [0.2, 0.25) is 0 Å². The molecule has 0 unspecified atom stereocenters. The quantitative estimate of drug-likeness (QED) is 0.396. The maximum atomic E-state index is 14.0. The van der Waals surface area contributed by atoms with E-state index >= 15 is 0 Å². The predicted molar refractivity (Wildman–Crippen MR) is 129 cm³/mol. The lowest BCUT2D eigenvalue weighted by Crippen LogP contribution is -2.43. The van der Waals surface area contributed by atoms with E-state index in [0.717, 1.165) is 43.1 Å². The highest BCUT2D eigenvalue weighted by Gasteiger charge is 2.18. The van der Waals surface area contributed by atoms with E-state index in [4.69, 9.17) is 17.3 Å². The summed E-state index contributed by atoms with van der Waals surface area (Å²) in [5.41, 5.74) is 9.89. The number of piperidine rings is 1. The van der Waals surface area contributed by atoms with Gasteiger partial charge in [0.25, 0.3) is 0 Å². The van der Waals surface area contributed by atoms with Gasteiger partial charge in [-0.1, -0.05) is 11.6 Å². The van der Waals surface area contributed by atoms with E-state index < -0.39 is 11.6 Å². The van der Waals surface area contributed by atoms with Crippen LogP contribution in [0.15, 0.2) is 54.9 Å². The molecular formula is C24H22ClFN6O. The topological polar surface area (TPSA) is 100 Å². The van der Waals surface area contributed by atoms with E-state index in [1.165, 1.54) is 12.1 Å². The number of fused-ring (bicyclic) bond motifs is 1. The minimum Gasteiger partial charge on any atom is -0.504 e. The van der Waals surface area contributed by atoms with Crippen LogP contribution in [0.2, 0.25) is 5.02 Å². The van der Waals surface area contributed by atoms with Crippen LogP contribution >= 0.6 is 11.6 Å². The van der Waals surface area contributed by atoms with Crippen LogP contribution in [0.25, 0.3) is 22.3 Å². The molecule has 4 N–H and O–H groups in total. The average molecular weight is 465 g/mol. The Bertz CT molecular complexity index is 1290. The molecule has 5 rings (SSSR count). The molecule has 1 aromatic carbocycles. The summed E-state index contributed by atoms with van der Waals surface area (Å²) in [5.74, 6) is -0.473. The molecule has 0 radical (unpaired) electrons. The van der Waals surface area contributed by atoms with Gasteiger partial charge >= 0.3 is 0 Å². The second-order valence-electron chi connectivity index (χ2n) is 8.09. The first-order valence-electron chi connectivity index (χ1n) is 10.7. The molecule has 4 heterocycles. The highest BCUT2D eigenvalue weighted by atomic mass is 35.5. The maximum Gasteiger partial charge on any atom is 0.170 e. The molecule has 1 aliphatic rings. The van der Waals surface area contributed by atoms with Gasteiger partial charge < -0.3 is 21.1 Å². The summed E-state index contributed by atoms with van der Waals surface area (Å²) in [5, 5.41) is 12.9. The van der Waals surface area contributed by atoms with Gasteiger partial charge in [-0.3, -0.25) is 4.98 Å². The fourth-order valence-corrected chi connectivity index (χ4v) is 4.23. The van der Waals surface area contributed by atoms with Crippen LogP contribution < -0.4 is 16.0 Å². The number of benzene rings is 1. The molecule has 0 saturated carbocycles. The van der Waals surface area contributed by atoms with Crippen LogP contribution in [0.5, 0.6) is 5.75 Å². The van der Waals surface area contributed by atoms with E-state index in [1.54, 1.807) is 18.5 Å². The lowest BCUT2D eigenvalue weighted by atomic mass is 10.1. The molecule has 1 atom stereocenters. The Morgan fingerprint density at radius 1 is 1.15 bits per heavy atom. The first-order valence-corrected chi connectivity index (χ1v) is 11.0. The number of nitrogens with zero attached hydrogens (tertiary/aromatic N) is 4. The lowest BCUT2D eigenvalue weighted by molar-refractivity contribution is 0.433. The van der Waals surface area contributed by atoms with Crippen LogP contribution in [0, 0.1) is 5.82 Å². The van der Waals surface area contributed by atoms with Gasteiger partial charge in [0.15, 0.2) is 11.6 Å². The van der Waals surface area contributed by atoms with Crippen molar-refractivity contribution in [2.75, 3.05) is 23.3 Å². The first-order chi connectivity index (χ1) is 16.0. The largest absolute Gasteiger partial charge is 0.504 e. The number of halogens is 2. The molecule has 3 aromatic heterocycles. The zero-order valence-corrected chi connectivity index (χ0v) is 18.4. The third-order valence-corrected chi connectivity index (χ3v) is 5.99. The fraction of sp³-hybridized carbons (Fsp3) is 0.208. The number of phenols is 1. The Morgan fingerprint density at radius 3 is 2.79 bits per heavy atom. The summed E-state index contributed by atoms with van der Waals surface area (Å²) < 4.78 is 14.0. The minimum absolute atomic E-state index is 0.0720. The van der Waals surface area contributed by atoms with E-state index in [2.05, 4.69) is 25.2 Å². The molecule has 9 heteroatoms. The number of phenolic OH excluding ortho intramolecular Hbond substituents is 1. The van der Waals surface area contributed by atoms with Crippen molar-refractivity contribution in [3.05, 3.63) is 65.7 Å². The van der Waals surface area contributed by atoms with Crippen molar-refractivity contribution in [1.29, 1.82) is 0 Å². The van der Waals surface area contributed by atoms with Crippen molar-refractivity contribution < 1.29 is 9.50 Å². The second-order valence-corrected chi connectivity index (χ2v) is 8.50. The van der Waals surface area contributed by atoms with Crippen molar-refractivity contribution in [2.24, 2.45) is 5.73 Å². The monoisotopic (exact) mass is 464 g/mol. The Kier molecular flexibility index (Phi) is 5.70. The van der Waals surface area contributed by atoms with Crippen LogP contribution in [-0.4, -0.2) is 39.2 Å². The third-order valence-electron chi connectivity index (χ3n) is 5.71. The van der Waals surface area contributed by atoms with Gasteiger partial charge in [-0.05, 0) is 55.3 Å². The Balaban J connectivity index is 1.44. The normalized spacial score (nSPS) is 16.2. The van der Waals surface area contributed by atoms with Crippen molar-refractivity contribution in [3.8, 4) is 17.0 Å². The zero-order chi connectivity index (χ0) is 22.9. The zero-order valence-electron chi connectivity index (χ0n) is 17.7. The third kappa shape index (κ3) is 4.40. The summed E-state index contributed by atoms with van der Waals surface area (Å²) in [6.07, 6.45) is 5.58. The molecule has 4 aromatic rings. The number of pyridine rings is 3. The van der Waals surface area contributed by atoms with Crippen LogP contribution in [0.3, 0.4) is 0 Å². The molecule has 0 spiro atoms. The number of hydrogen-bond donors (Lipinski definition) is 3. The summed E-state index contributed by atoms with van der Waals surface area (Å²) in [7, 11) is 0. The molecule has 0 amide bonds. The minimum atomic E-state index is -0.801. The molecular weight excluding hydrogens is 443 g/mol. The summed E-state index contributed by atoms with van der Waals surface area (Å²) in [6, 6.07) is 12.2. The average Bonchev–Trinajstić information content (AvgIpc) is 2.83. The number of rotatable bonds is 4. The second kappa shape index (κ2) is 8.80. The van der Waals surface area contributed by atoms with Crippen molar-refractivity contribution >= 4 is 39.8 Å². The number of nitrogens with two attached hydrogens (primary N) is 1. The molecule has 7 nitrogen and oxygen atoms in total. The molecule has 0 bridgehead atoms. The van der Waals surface area contributed by atoms with Gasteiger partial charge in [0, 0.05) is 30.9 Å². The van der Waals surface area contributed by atoms with Gasteiger partial charge in [-0.25, -0.2) is 14.4 Å². The van der Waals surface area contributed by atoms with Crippen molar-refractivity contribution in [3.63, 3.8) is 0 Å². The molecule has 1 aliphatic heterocycles. The summed E-state index contributed by atoms with van der Waals surface area (Å²) in [6.45, 7) is 1.76. The van der Waals surface area contributed by atoms with E-state index in [9.17, 15) is 9.50 Å². The maximum absolute atomic E-state index is 14.0. The van der Waals surface area contributed by atoms with Crippen LogP contribution in [0.1, 0.15) is 12.8 Å². The van der Waals surface area contributed by atoms with Crippen LogP contribution in [-0.2, 0) is 0 Å². The highest BCUT2D eigenvalue weighted by Crippen LogP contribution is 2.33. The van der Waals surface area contributed by atoms with Crippen molar-refractivity contribution in [2.45, 2.75) is 18.9 Å². The van der Waals surface area contributed by atoms with E-state index in [1.807, 2.05) is 24.3 Å². The molecule has 168 valence electrons. The first kappa shape index (κ1) is 21.4. The molecule has 33 heavy (non-hydrogen) atoms. The fourth-order valence-electron chi connectivity index (χ4n) is 4.02. The number of aromatic hydroxyl groups is 1. The number of aromatic nitrogens is 3. The summed E-state index contributed by atoms with van der Waals surface area (Å²) >= 11 is 5.94. The lowest BCUT2D eigenvalue weighted by Gasteiger charge is -2.31. The predicted octanol–water partition coefficient (Wildman–Crippen LogP) is 4.86. The summed E-state index contributed by atoms with van der Waals surface area (Å²) in [4.78, 5) is 15.9. The smallest absolute Gasteiger partial charge is 0.170 e.